The Hall–Kier alpha value is -5.05. The zero-order valence-corrected chi connectivity index (χ0v) is 26.3. The topological polar surface area (TPSA) is 115 Å². The summed E-state index contributed by atoms with van der Waals surface area (Å²) in [4.78, 5) is 30.0. The number of ketones is 2. The molecular weight excluding hydrogens is 586 g/mol. The van der Waals surface area contributed by atoms with Gasteiger partial charge in [0.05, 0.1) is 18.5 Å². The van der Waals surface area contributed by atoms with Crippen LogP contribution in [0.4, 0.5) is 14.5 Å². The molecule has 0 unspecified atom stereocenters. The van der Waals surface area contributed by atoms with E-state index in [1.165, 1.54) is 31.5 Å². The standard InChI is InChI=1S/C37H38F2N4O3/c1-4-24-19-26(15-16-28(24)33(45)21-25(41)20-27(44)12-8-5-7-11-23(2)40)43-32-14-10-6-9-13-30-31(22-42-37(30)32)29-17-18-34(46-3)36(39)35(29)38/h6,8-9,12-19,22,40-41,43H,4-5,7,10-11,20-21H2,1-3H3/b9-6-,12-8+,30-13-,32-14-,40-23?,41-25?. The minimum absolute atomic E-state index is 0.0574. The van der Waals surface area contributed by atoms with Crippen LogP contribution in [0.25, 0.3) is 5.57 Å². The summed E-state index contributed by atoms with van der Waals surface area (Å²) in [5, 5.41) is 19.1. The number of fused-ring (bicyclic) bond motifs is 1. The minimum Gasteiger partial charge on any atom is -0.494 e. The van der Waals surface area contributed by atoms with E-state index in [1.54, 1.807) is 25.1 Å². The number of ether oxygens (including phenoxy) is 1. The lowest BCUT2D eigenvalue weighted by Crippen LogP contribution is -2.15. The fraction of sp³-hybridized carbons (Fsp3) is 0.270. The van der Waals surface area contributed by atoms with Gasteiger partial charge in [-0.25, -0.2) is 4.39 Å². The second-order valence-corrected chi connectivity index (χ2v) is 11.1. The van der Waals surface area contributed by atoms with Crippen LogP contribution in [0.5, 0.6) is 5.75 Å². The number of halogens is 2. The van der Waals surface area contributed by atoms with E-state index in [-0.39, 0.29) is 41.4 Å². The molecule has 1 aliphatic carbocycles. The Morgan fingerprint density at radius 3 is 2.63 bits per heavy atom. The van der Waals surface area contributed by atoms with Crippen LogP contribution < -0.4 is 10.1 Å². The molecule has 0 spiro atoms. The van der Waals surface area contributed by atoms with E-state index in [9.17, 15) is 14.0 Å². The predicted octanol–water partition coefficient (Wildman–Crippen LogP) is 8.53. The Morgan fingerprint density at radius 1 is 1.09 bits per heavy atom. The number of carbonyl (C=O) groups excluding carboxylic acids is 2. The molecule has 2 aromatic carbocycles. The third kappa shape index (κ3) is 8.35. The Kier molecular flexibility index (Phi) is 11.6. The fourth-order valence-electron chi connectivity index (χ4n) is 5.24. The highest BCUT2D eigenvalue weighted by atomic mass is 19.2. The summed E-state index contributed by atoms with van der Waals surface area (Å²) in [7, 11) is 1.28. The molecule has 0 saturated carbocycles. The summed E-state index contributed by atoms with van der Waals surface area (Å²) in [6.45, 7) is 3.69. The summed E-state index contributed by atoms with van der Waals surface area (Å²) >= 11 is 0. The molecule has 46 heavy (non-hydrogen) atoms. The predicted molar refractivity (Wildman–Crippen MR) is 180 cm³/mol. The molecule has 0 saturated heterocycles. The third-order valence-electron chi connectivity index (χ3n) is 7.59. The number of aliphatic imine (C=N–C) groups is 1. The number of nitrogens with one attached hydrogen (secondary N) is 3. The molecule has 0 amide bonds. The number of unbranched alkanes of at least 4 members (excludes halogenated alkanes) is 1. The number of rotatable bonds is 15. The van der Waals surface area contributed by atoms with Crippen LogP contribution in [-0.4, -0.2) is 35.8 Å². The normalized spacial score (nSPS) is 17.0. The largest absolute Gasteiger partial charge is 0.494 e. The molecule has 9 heteroatoms. The van der Waals surface area contributed by atoms with E-state index >= 15 is 4.39 Å². The SMILES string of the molecule is CCc1cc(N/C2=C\C/C=C\C=C3\C(c4ccc(OC)c(F)c4F)=CN=C23)ccc1C(=O)CC(=N)CC(=O)/C=C/CCCC(C)=N. The van der Waals surface area contributed by atoms with Crippen molar-refractivity contribution in [1.82, 2.24) is 0 Å². The zero-order chi connectivity index (χ0) is 33.2. The van der Waals surface area contributed by atoms with Crippen molar-refractivity contribution in [2.24, 2.45) is 4.99 Å². The van der Waals surface area contributed by atoms with Gasteiger partial charge in [-0.1, -0.05) is 37.3 Å². The number of allylic oxidation sites excluding steroid dienone is 8. The van der Waals surface area contributed by atoms with Gasteiger partial charge in [0.15, 0.2) is 23.1 Å². The summed E-state index contributed by atoms with van der Waals surface area (Å²) in [5.74, 6) is -2.70. The highest BCUT2D eigenvalue weighted by molar-refractivity contribution is 6.25. The zero-order valence-electron chi connectivity index (χ0n) is 26.3. The molecule has 2 aliphatic rings. The van der Waals surface area contributed by atoms with Crippen LogP contribution in [0, 0.1) is 22.5 Å². The molecule has 2 aromatic rings. The van der Waals surface area contributed by atoms with Crippen molar-refractivity contribution in [3.8, 4) is 5.75 Å². The highest BCUT2D eigenvalue weighted by Crippen LogP contribution is 2.36. The number of aryl methyl sites for hydroxylation is 1. The number of benzene rings is 2. The van der Waals surface area contributed by atoms with Gasteiger partial charge >= 0.3 is 0 Å². The molecule has 3 N–H and O–H groups in total. The van der Waals surface area contributed by atoms with Gasteiger partial charge in [0.25, 0.3) is 0 Å². The van der Waals surface area contributed by atoms with Gasteiger partial charge in [-0.3, -0.25) is 14.6 Å². The molecule has 238 valence electrons. The molecule has 0 radical (unpaired) electrons. The van der Waals surface area contributed by atoms with E-state index < -0.39 is 11.6 Å². The van der Waals surface area contributed by atoms with Crippen molar-refractivity contribution >= 4 is 40.0 Å². The van der Waals surface area contributed by atoms with E-state index in [0.29, 0.717) is 59.5 Å². The maximum Gasteiger partial charge on any atom is 0.201 e. The summed E-state index contributed by atoms with van der Waals surface area (Å²) in [6.07, 6.45) is 15.4. The van der Waals surface area contributed by atoms with Crippen molar-refractivity contribution in [2.75, 3.05) is 12.4 Å². The first-order valence-corrected chi connectivity index (χ1v) is 15.2. The first kappa shape index (κ1) is 33.8. The minimum atomic E-state index is -1.06. The molecule has 0 fully saturated rings. The maximum absolute atomic E-state index is 15.0. The fourth-order valence-corrected chi connectivity index (χ4v) is 5.24. The molecule has 0 atom stereocenters. The molecular formula is C37H38F2N4O3. The van der Waals surface area contributed by atoms with Crippen molar-refractivity contribution in [2.45, 2.75) is 58.8 Å². The molecule has 0 bridgehead atoms. The molecule has 7 nitrogen and oxygen atoms in total. The van der Waals surface area contributed by atoms with Gasteiger partial charge < -0.3 is 20.9 Å². The summed E-state index contributed by atoms with van der Waals surface area (Å²) in [6, 6.07) is 8.24. The van der Waals surface area contributed by atoms with Crippen LogP contribution in [-0.2, 0) is 11.2 Å². The lowest BCUT2D eigenvalue weighted by molar-refractivity contribution is -0.113. The number of anilines is 1. The molecule has 4 rings (SSSR count). The second-order valence-electron chi connectivity index (χ2n) is 11.1. The summed E-state index contributed by atoms with van der Waals surface area (Å²) in [5.41, 5.74) is 5.07. The van der Waals surface area contributed by atoms with Crippen molar-refractivity contribution in [3.63, 3.8) is 0 Å². The molecule has 1 heterocycles. The van der Waals surface area contributed by atoms with Crippen molar-refractivity contribution < 1.29 is 23.1 Å². The first-order valence-electron chi connectivity index (χ1n) is 15.2. The van der Waals surface area contributed by atoms with Gasteiger partial charge in [0.1, 0.15) is 0 Å². The smallest absolute Gasteiger partial charge is 0.201 e. The first-order chi connectivity index (χ1) is 22.1. The maximum atomic E-state index is 15.0. The van der Waals surface area contributed by atoms with E-state index in [1.807, 2.05) is 37.3 Å². The number of hydrogen-bond acceptors (Lipinski definition) is 7. The Balaban J connectivity index is 1.44. The van der Waals surface area contributed by atoms with Gasteiger partial charge in [-0.2, -0.15) is 4.39 Å². The summed E-state index contributed by atoms with van der Waals surface area (Å²) < 4.78 is 34.5. The quantitative estimate of drug-likeness (QED) is 0.0797. The lowest BCUT2D eigenvalue weighted by Gasteiger charge is -2.18. The number of Topliss-reactive ketones (excluding diaryl/α,β-unsaturated/α-hetero) is 1. The number of carbonyl (C=O) groups is 2. The second kappa shape index (κ2) is 15.8. The highest BCUT2D eigenvalue weighted by Gasteiger charge is 2.27. The Bertz CT molecular complexity index is 1740. The van der Waals surface area contributed by atoms with E-state index in [0.717, 1.165) is 17.7 Å². The van der Waals surface area contributed by atoms with Crippen LogP contribution in [0.1, 0.15) is 73.9 Å². The monoisotopic (exact) mass is 624 g/mol. The average Bonchev–Trinajstić information content (AvgIpc) is 3.42. The van der Waals surface area contributed by atoms with E-state index in [2.05, 4.69) is 10.3 Å². The Labute approximate surface area is 268 Å². The Morgan fingerprint density at radius 2 is 1.89 bits per heavy atom. The van der Waals surface area contributed by atoms with Gasteiger partial charge in [-0.15, -0.1) is 0 Å². The van der Waals surface area contributed by atoms with Crippen molar-refractivity contribution in [3.05, 3.63) is 113 Å². The lowest BCUT2D eigenvalue weighted by atomic mass is 9.93. The van der Waals surface area contributed by atoms with E-state index in [4.69, 9.17) is 15.6 Å². The van der Waals surface area contributed by atoms with Crippen LogP contribution in [0.3, 0.4) is 0 Å². The molecule has 1 aliphatic heterocycles. The number of hydrogen-bond donors (Lipinski definition) is 3. The van der Waals surface area contributed by atoms with Crippen LogP contribution in [0.2, 0.25) is 0 Å². The average molecular weight is 625 g/mol. The third-order valence-corrected chi connectivity index (χ3v) is 7.59. The van der Waals surface area contributed by atoms with Crippen LogP contribution in [0.15, 0.2) is 89.3 Å². The van der Waals surface area contributed by atoms with Crippen LogP contribution >= 0.6 is 0 Å². The van der Waals surface area contributed by atoms with Gasteiger partial charge in [-0.05, 0) is 81.0 Å². The van der Waals surface area contributed by atoms with Crippen molar-refractivity contribution in [1.29, 1.82) is 10.8 Å². The molecule has 0 aromatic heterocycles. The number of nitrogens with zero attached hydrogens (tertiary/aromatic N) is 1. The van der Waals surface area contributed by atoms with Gasteiger partial charge in [0, 0.05) is 58.4 Å². The van der Waals surface area contributed by atoms with Gasteiger partial charge in [0.2, 0.25) is 5.82 Å². The number of methoxy groups -OCH3 is 1.